The summed E-state index contributed by atoms with van der Waals surface area (Å²) in [5.74, 6) is -0.446. The third-order valence-corrected chi connectivity index (χ3v) is 4.51. The van der Waals surface area contributed by atoms with Crippen molar-refractivity contribution in [3.8, 4) is 0 Å². The summed E-state index contributed by atoms with van der Waals surface area (Å²) < 4.78 is 5.54. The van der Waals surface area contributed by atoms with Gasteiger partial charge in [0.2, 0.25) is 5.91 Å². The molecule has 2 heterocycles. The van der Waals surface area contributed by atoms with Crippen LogP contribution < -0.4 is 5.32 Å². The zero-order valence-corrected chi connectivity index (χ0v) is 13.7. The zero-order valence-electron chi connectivity index (χ0n) is 12.9. The minimum Gasteiger partial charge on any atom is -0.356 e. The second kappa shape index (κ2) is 6.47. The number of rotatable bonds is 3. The fourth-order valence-electron chi connectivity index (χ4n) is 2.56. The molecule has 1 N–H and O–H groups in total. The van der Waals surface area contributed by atoms with Crippen molar-refractivity contribution in [2.75, 3.05) is 19.0 Å². The molecule has 1 aliphatic rings. The van der Waals surface area contributed by atoms with E-state index in [1.54, 1.807) is 23.5 Å². The van der Waals surface area contributed by atoms with Gasteiger partial charge in [-0.3, -0.25) is 14.9 Å². The number of morpholine rings is 1. The molecule has 0 saturated carbocycles. The van der Waals surface area contributed by atoms with Gasteiger partial charge in [-0.25, -0.2) is 4.98 Å². The van der Waals surface area contributed by atoms with E-state index >= 15 is 0 Å². The van der Waals surface area contributed by atoms with Gasteiger partial charge in [-0.15, -0.1) is 11.3 Å². The Morgan fingerprint density at radius 3 is 2.78 bits per heavy atom. The number of nitrogens with one attached hydrogen (secondary N) is 1. The molecule has 1 aromatic heterocycles. The second-order valence-electron chi connectivity index (χ2n) is 5.42. The second-order valence-corrected chi connectivity index (χ2v) is 6.31. The number of aryl methyl sites for hydroxylation is 1. The number of thiazole rings is 1. The summed E-state index contributed by atoms with van der Waals surface area (Å²) in [5.41, 5.74) is 1.98. The largest absolute Gasteiger partial charge is 0.356 e. The Morgan fingerprint density at radius 1 is 1.39 bits per heavy atom. The van der Waals surface area contributed by atoms with Crippen LogP contribution in [0.25, 0.3) is 0 Å². The Bertz CT molecular complexity index is 700. The highest BCUT2D eigenvalue weighted by Crippen LogP contribution is 2.30. The lowest BCUT2D eigenvalue weighted by molar-refractivity contribution is -0.160. The number of anilines is 1. The van der Waals surface area contributed by atoms with E-state index in [4.69, 9.17) is 4.74 Å². The van der Waals surface area contributed by atoms with Crippen molar-refractivity contribution in [1.82, 2.24) is 9.88 Å². The first-order valence-corrected chi connectivity index (χ1v) is 8.08. The maximum atomic E-state index is 12.6. The molecule has 0 aliphatic carbocycles. The van der Waals surface area contributed by atoms with Crippen molar-refractivity contribution >= 4 is 28.3 Å². The van der Waals surface area contributed by atoms with Gasteiger partial charge < -0.3 is 9.64 Å². The quantitative estimate of drug-likeness (QED) is 0.934. The van der Waals surface area contributed by atoms with Crippen LogP contribution in [0.3, 0.4) is 0 Å². The Balaban J connectivity index is 1.88. The lowest BCUT2D eigenvalue weighted by Crippen LogP contribution is -2.51. The lowest BCUT2D eigenvalue weighted by atomic mass is 9.97. The first-order chi connectivity index (χ1) is 11.1. The van der Waals surface area contributed by atoms with Crippen LogP contribution in [0.5, 0.6) is 0 Å². The highest BCUT2D eigenvalue weighted by molar-refractivity contribution is 7.13. The molecule has 6 nitrogen and oxygen atoms in total. The normalized spacial score (nSPS) is 21.3. The molecule has 7 heteroatoms. The number of hydrogen-bond donors (Lipinski definition) is 1. The Labute approximate surface area is 138 Å². The van der Waals surface area contributed by atoms with Crippen LogP contribution in [0, 0.1) is 6.92 Å². The minimum absolute atomic E-state index is 0.102. The maximum absolute atomic E-state index is 12.6. The van der Waals surface area contributed by atoms with Crippen molar-refractivity contribution in [3.63, 3.8) is 0 Å². The molecule has 1 aliphatic heterocycles. The van der Waals surface area contributed by atoms with Crippen molar-refractivity contribution < 1.29 is 14.3 Å². The fraction of sp³-hybridized carbons (Fsp3) is 0.312. The molecule has 1 fully saturated rings. The van der Waals surface area contributed by atoms with E-state index in [1.807, 2.05) is 31.2 Å². The van der Waals surface area contributed by atoms with E-state index in [2.05, 4.69) is 10.3 Å². The summed E-state index contributed by atoms with van der Waals surface area (Å²) in [7, 11) is 1.69. The van der Waals surface area contributed by atoms with Gasteiger partial charge >= 0.3 is 0 Å². The third-order valence-electron chi connectivity index (χ3n) is 3.82. The molecular formula is C16H17N3O3S. The van der Waals surface area contributed by atoms with Crippen molar-refractivity contribution in [2.24, 2.45) is 0 Å². The smallest absolute Gasteiger partial charge is 0.257 e. The number of ether oxygens (including phenoxy) is 1. The summed E-state index contributed by atoms with van der Waals surface area (Å²) in [5, 5.41) is 5.04. The van der Waals surface area contributed by atoms with Gasteiger partial charge in [0.25, 0.3) is 5.91 Å². The molecule has 0 spiro atoms. The summed E-state index contributed by atoms with van der Waals surface area (Å²) in [6.07, 6.45) is 0.846. The van der Waals surface area contributed by atoms with E-state index in [0.29, 0.717) is 5.13 Å². The van der Waals surface area contributed by atoms with Crippen molar-refractivity contribution in [1.29, 1.82) is 0 Å². The van der Waals surface area contributed by atoms with Crippen LogP contribution in [-0.2, 0) is 14.3 Å². The average Bonchev–Trinajstić information content (AvgIpc) is 3.04. The third kappa shape index (κ3) is 3.25. The molecule has 23 heavy (non-hydrogen) atoms. The van der Waals surface area contributed by atoms with Crippen LogP contribution in [-0.4, -0.2) is 41.5 Å². The number of amides is 2. The molecular weight excluding hydrogens is 314 g/mol. The zero-order chi connectivity index (χ0) is 16.4. The van der Waals surface area contributed by atoms with Crippen LogP contribution in [0.15, 0.2) is 35.8 Å². The molecule has 0 radical (unpaired) electrons. The molecule has 1 saturated heterocycles. The number of carbonyl (C=O) groups is 2. The highest BCUT2D eigenvalue weighted by atomic mass is 32.1. The molecule has 3 rings (SSSR count). The SMILES string of the molecule is Cc1ccc(C2C(C(=O)Nc3nccs3)OCC(=O)N2C)cc1. The summed E-state index contributed by atoms with van der Waals surface area (Å²) in [6, 6.07) is 7.29. The Morgan fingerprint density at radius 2 is 2.13 bits per heavy atom. The fourth-order valence-corrected chi connectivity index (χ4v) is 3.09. The standard InChI is InChI=1S/C16H17N3O3S/c1-10-3-5-11(6-4-10)13-14(22-9-12(20)19(13)2)15(21)18-16-17-7-8-23-16/h3-8,13-14H,9H2,1-2H3,(H,17,18,21). The van der Waals surface area contributed by atoms with Crippen LogP contribution >= 0.6 is 11.3 Å². The van der Waals surface area contributed by atoms with Gasteiger partial charge in [-0.2, -0.15) is 0 Å². The van der Waals surface area contributed by atoms with E-state index in [9.17, 15) is 9.59 Å². The number of likely N-dealkylation sites (N-methyl/N-ethyl adjacent to an activating group) is 1. The Hall–Kier alpha value is -2.25. The predicted molar refractivity (Wildman–Crippen MR) is 87.2 cm³/mol. The summed E-state index contributed by atoms with van der Waals surface area (Å²) >= 11 is 1.34. The van der Waals surface area contributed by atoms with E-state index in [1.165, 1.54) is 11.3 Å². The first-order valence-electron chi connectivity index (χ1n) is 7.20. The molecule has 2 unspecified atom stereocenters. The summed E-state index contributed by atoms with van der Waals surface area (Å²) in [4.78, 5) is 30.2. The van der Waals surface area contributed by atoms with Crippen molar-refractivity contribution in [2.45, 2.75) is 19.1 Å². The number of nitrogens with zero attached hydrogens (tertiary/aromatic N) is 2. The van der Waals surface area contributed by atoms with Crippen LogP contribution in [0.2, 0.25) is 0 Å². The average molecular weight is 331 g/mol. The number of carbonyl (C=O) groups excluding carboxylic acids is 2. The Kier molecular flexibility index (Phi) is 4.40. The number of benzene rings is 1. The molecule has 2 amide bonds. The number of aromatic nitrogens is 1. The van der Waals surface area contributed by atoms with E-state index < -0.39 is 12.1 Å². The van der Waals surface area contributed by atoms with Gasteiger partial charge in [0.15, 0.2) is 11.2 Å². The van der Waals surface area contributed by atoms with Crippen LogP contribution in [0.1, 0.15) is 17.2 Å². The molecule has 120 valence electrons. The van der Waals surface area contributed by atoms with Crippen LogP contribution in [0.4, 0.5) is 5.13 Å². The van der Waals surface area contributed by atoms with E-state index in [0.717, 1.165) is 11.1 Å². The van der Waals surface area contributed by atoms with Gasteiger partial charge in [-0.05, 0) is 12.5 Å². The topological polar surface area (TPSA) is 71.5 Å². The van der Waals surface area contributed by atoms with Gasteiger partial charge in [0.1, 0.15) is 6.61 Å². The molecule has 2 atom stereocenters. The lowest BCUT2D eigenvalue weighted by Gasteiger charge is -2.38. The maximum Gasteiger partial charge on any atom is 0.257 e. The summed E-state index contributed by atoms with van der Waals surface area (Å²) in [6.45, 7) is 1.89. The highest BCUT2D eigenvalue weighted by Gasteiger charge is 2.40. The monoisotopic (exact) mass is 331 g/mol. The van der Waals surface area contributed by atoms with Gasteiger partial charge in [0, 0.05) is 18.6 Å². The minimum atomic E-state index is -0.774. The van der Waals surface area contributed by atoms with Gasteiger partial charge in [-0.1, -0.05) is 29.8 Å². The van der Waals surface area contributed by atoms with Crippen molar-refractivity contribution in [3.05, 3.63) is 47.0 Å². The number of hydrogen-bond acceptors (Lipinski definition) is 5. The molecule has 2 aromatic rings. The first kappa shape index (κ1) is 15.6. The van der Waals surface area contributed by atoms with Gasteiger partial charge in [0.05, 0.1) is 6.04 Å². The molecule has 1 aromatic carbocycles. The molecule has 0 bridgehead atoms. The van der Waals surface area contributed by atoms with E-state index in [-0.39, 0.29) is 18.4 Å². The predicted octanol–water partition coefficient (Wildman–Crippen LogP) is 1.99.